The smallest absolute Gasteiger partial charge is 0.410 e. The van der Waals surface area contributed by atoms with E-state index < -0.39 is 5.60 Å². The number of rotatable bonds is 6. The lowest BCUT2D eigenvalue weighted by Gasteiger charge is -2.46. The SMILES string of the molecule is CC(C)[C@H]1CN(C(c2ccc(Cl)cc2)c2ccccn2)CCN1C(=O)CC1CCN(C(=O)OC(C)(C)C)CC1. The quantitative estimate of drug-likeness (QED) is 0.436. The average Bonchev–Trinajstić information content (AvgIpc) is 2.90. The number of benzene rings is 1. The number of carbonyl (C=O) groups excluding carboxylic acids is 2. The van der Waals surface area contributed by atoms with E-state index in [0.717, 1.165) is 37.2 Å². The molecule has 1 aromatic carbocycles. The third-order valence-corrected chi connectivity index (χ3v) is 8.04. The van der Waals surface area contributed by atoms with Crippen LogP contribution in [0.25, 0.3) is 0 Å². The summed E-state index contributed by atoms with van der Waals surface area (Å²) in [5.41, 5.74) is 1.65. The summed E-state index contributed by atoms with van der Waals surface area (Å²) in [5.74, 6) is 0.836. The van der Waals surface area contributed by atoms with Gasteiger partial charge in [-0.15, -0.1) is 0 Å². The van der Waals surface area contributed by atoms with Crippen LogP contribution < -0.4 is 0 Å². The van der Waals surface area contributed by atoms with Crippen LogP contribution in [-0.2, 0) is 9.53 Å². The van der Waals surface area contributed by atoms with Gasteiger partial charge in [-0.05, 0) is 75.3 Å². The molecule has 3 heterocycles. The maximum atomic E-state index is 13.6. The van der Waals surface area contributed by atoms with Gasteiger partial charge in [-0.2, -0.15) is 0 Å². The number of hydrogen-bond acceptors (Lipinski definition) is 5. The van der Waals surface area contributed by atoms with Crippen LogP contribution in [0.5, 0.6) is 0 Å². The zero-order valence-corrected chi connectivity index (χ0v) is 24.7. The first-order valence-corrected chi connectivity index (χ1v) is 14.6. The van der Waals surface area contributed by atoms with Crippen LogP contribution in [0.3, 0.4) is 0 Å². The molecular weight excluding hydrogens is 512 g/mol. The van der Waals surface area contributed by atoms with Crippen LogP contribution in [0, 0.1) is 11.8 Å². The Morgan fingerprint density at radius 2 is 1.72 bits per heavy atom. The molecule has 0 spiro atoms. The Labute approximate surface area is 238 Å². The molecule has 1 unspecified atom stereocenters. The molecule has 2 saturated heterocycles. The Balaban J connectivity index is 1.41. The predicted molar refractivity (Wildman–Crippen MR) is 155 cm³/mol. The molecule has 2 amide bonds. The van der Waals surface area contributed by atoms with Crippen molar-refractivity contribution >= 4 is 23.6 Å². The van der Waals surface area contributed by atoms with Crippen molar-refractivity contribution < 1.29 is 14.3 Å². The van der Waals surface area contributed by atoms with Crippen LogP contribution in [0.1, 0.15) is 71.2 Å². The van der Waals surface area contributed by atoms with E-state index in [1.165, 1.54) is 0 Å². The van der Waals surface area contributed by atoms with Crippen molar-refractivity contribution in [3.63, 3.8) is 0 Å². The average molecular weight is 555 g/mol. The van der Waals surface area contributed by atoms with E-state index in [1.54, 1.807) is 4.90 Å². The van der Waals surface area contributed by atoms with Gasteiger partial charge in [0.05, 0.1) is 11.7 Å². The molecule has 2 aromatic rings. The summed E-state index contributed by atoms with van der Waals surface area (Å²) in [7, 11) is 0. The number of likely N-dealkylation sites (tertiary alicyclic amines) is 1. The Morgan fingerprint density at radius 3 is 2.31 bits per heavy atom. The molecule has 0 aliphatic carbocycles. The highest BCUT2D eigenvalue weighted by atomic mass is 35.5. The van der Waals surface area contributed by atoms with Gasteiger partial charge in [-0.3, -0.25) is 14.7 Å². The number of piperazine rings is 1. The van der Waals surface area contributed by atoms with E-state index in [-0.39, 0.29) is 30.0 Å². The van der Waals surface area contributed by atoms with Gasteiger partial charge in [0.25, 0.3) is 0 Å². The largest absolute Gasteiger partial charge is 0.444 e. The van der Waals surface area contributed by atoms with Gasteiger partial charge in [0.15, 0.2) is 0 Å². The molecular formula is C31H43ClN4O3. The van der Waals surface area contributed by atoms with Crippen molar-refractivity contribution in [3.05, 3.63) is 64.9 Å². The minimum atomic E-state index is -0.499. The van der Waals surface area contributed by atoms with Crippen LogP contribution in [0.2, 0.25) is 5.02 Å². The van der Waals surface area contributed by atoms with E-state index in [1.807, 2.05) is 51.2 Å². The monoisotopic (exact) mass is 554 g/mol. The molecule has 0 saturated carbocycles. The maximum Gasteiger partial charge on any atom is 0.410 e. The second kappa shape index (κ2) is 12.7. The van der Waals surface area contributed by atoms with E-state index >= 15 is 0 Å². The third kappa shape index (κ3) is 7.73. The third-order valence-electron chi connectivity index (χ3n) is 7.79. The van der Waals surface area contributed by atoms with E-state index in [2.05, 4.69) is 41.8 Å². The molecule has 2 fully saturated rings. The molecule has 7 nitrogen and oxygen atoms in total. The molecule has 0 radical (unpaired) electrons. The van der Waals surface area contributed by atoms with Gasteiger partial charge in [0, 0.05) is 56.4 Å². The summed E-state index contributed by atoms with van der Waals surface area (Å²) in [6.45, 7) is 13.6. The second-order valence-electron chi connectivity index (χ2n) is 12.2. The first-order chi connectivity index (χ1) is 18.5. The summed E-state index contributed by atoms with van der Waals surface area (Å²) in [6.07, 6.45) is 3.77. The molecule has 2 atom stereocenters. The minimum absolute atomic E-state index is 0.000787. The van der Waals surface area contributed by atoms with Crippen LogP contribution >= 0.6 is 11.6 Å². The zero-order valence-electron chi connectivity index (χ0n) is 24.0. The maximum absolute atomic E-state index is 13.6. The van der Waals surface area contributed by atoms with Crippen LogP contribution in [-0.4, -0.2) is 76.1 Å². The van der Waals surface area contributed by atoms with Gasteiger partial charge >= 0.3 is 6.09 Å². The van der Waals surface area contributed by atoms with Gasteiger partial charge in [-0.25, -0.2) is 4.79 Å². The van der Waals surface area contributed by atoms with Gasteiger partial charge in [0.2, 0.25) is 5.91 Å². The molecule has 39 heavy (non-hydrogen) atoms. The molecule has 212 valence electrons. The van der Waals surface area contributed by atoms with Crippen molar-refractivity contribution in [2.24, 2.45) is 11.8 Å². The lowest BCUT2D eigenvalue weighted by atomic mass is 9.91. The summed E-state index contributed by atoms with van der Waals surface area (Å²) in [5, 5.41) is 0.714. The highest BCUT2D eigenvalue weighted by Gasteiger charge is 2.37. The number of pyridine rings is 1. The lowest BCUT2D eigenvalue weighted by molar-refractivity contribution is -0.139. The van der Waals surface area contributed by atoms with Crippen molar-refractivity contribution in [2.45, 2.75) is 71.6 Å². The standard InChI is InChI=1S/C31H43ClN4O3/c1-22(2)27-21-35(29(26-8-6-7-15-33-26)24-9-11-25(32)12-10-24)18-19-36(27)28(37)20-23-13-16-34(17-14-23)30(38)39-31(3,4)5/h6-12,15,22-23,27,29H,13-14,16-21H2,1-5H3/t27-,29?/m1/s1. The van der Waals surface area contributed by atoms with Crippen molar-refractivity contribution in [2.75, 3.05) is 32.7 Å². The van der Waals surface area contributed by atoms with E-state index in [9.17, 15) is 9.59 Å². The number of carbonyl (C=O) groups is 2. The predicted octanol–water partition coefficient (Wildman–Crippen LogP) is 6.03. The molecule has 0 bridgehead atoms. The van der Waals surface area contributed by atoms with Gasteiger partial charge in [-0.1, -0.05) is 43.6 Å². The Kier molecular flexibility index (Phi) is 9.55. The number of hydrogen-bond donors (Lipinski definition) is 0. The zero-order chi connectivity index (χ0) is 28.2. The number of piperidine rings is 1. The lowest BCUT2D eigenvalue weighted by Crippen LogP contribution is -2.58. The van der Waals surface area contributed by atoms with Gasteiger partial charge in [0.1, 0.15) is 5.60 Å². The molecule has 2 aliphatic rings. The molecule has 8 heteroatoms. The topological polar surface area (TPSA) is 66.0 Å². The Bertz CT molecular complexity index is 1100. The number of halogens is 1. The van der Waals surface area contributed by atoms with Crippen LogP contribution in [0.15, 0.2) is 48.7 Å². The normalized spacial score (nSPS) is 20.2. The fourth-order valence-electron chi connectivity index (χ4n) is 5.71. The first kappa shape index (κ1) is 29.3. The molecule has 2 aliphatic heterocycles. The van der Waals surface area contributed by atoms with Crippen molar-refractivity contribution in [1.82, 2.24) is 19.7 Å². The molecule has 0 N–H and O–H groups in total. The fourth-order valence-corrected chi connectivity index (χ4v) is 5.83. The van der Waals surface area contributed by atoms with Crippen molar-refractivity contribution in [3.8, 4) is 0 Å². The summed E-state index contributed by atoms with van der Waals surface area (Å²) >= 11 is 6.20. The first-order valence-electron chi connectivity index (χ1n) is 14.2. The highest BCUT2D eigenvalue weighted by molar-refractivity contribution is 6.30. The van der Waals surface area contributed by atoms with E-state index in [4.69, 9.17) is 21.3 Å². The Morgan fingerprint density at radius 1 is 1.03 bits per heavy atom. The van der Waals surface area contributed by atoms with E-state index in [0.29, 0.717) is 37.0 Å². The minimum Gasteiger partial charge on any atom is -0.444 e. The Hall–Kier alpha value is -2.64. The number of aromatic nitrogens is 1. The van der Waals surface area contributed by atoms with Gasteiger partial charge < -0.3 is 14.5 Å². The molecule has 1 aromatic heterocycles. The number of ether oxygens (including phenoxy) is 1. The van der Waals surface area contributed by atoms with Crippen LogP contribution in [0.4, 0.5) is 4.79 Å². The summed E-state index contributed by atoms with van der Waals surface area (Å²) < 4.78 is 5.52. The number of amides is 2. The second-order valence-corrected chi connectivity index (χ2v) is 12.7. The summed E-state index contributed by atoms with van der Waals surface area (Å²) in [6, 6.07) is 14.2. The molecule has 4 rings (SSSR count). The van der Waals surface area contributed by atoms with Crippen molar-refractivity contribution in [1.29, 1.82) is 0 Å². The fraction of sp³-hybridized carbons (Fsp3) is 0.581. The number of nitrogens with zero attached hydrogens (tertiary/aromatic N) is 4. The summed E-state index contributed by atoms with van der Waals surface area (Å²) in [4.78, 5) is 37.1. The highest BCUT2D eigenvalue weighted by Crippen LogP contribution is 2.32.